The molecule has 1 unspecified atom stereocenters. The summed E-state index contributed by atoms with van der Waals surface area (Å²) in [5.74, 6) is 3.96. The van der Waals surface area contributed by atoms with Gasteiger partial charge in [0.05, 0.1) is 30.3 Å². The smallest absolute Gasteiger partial charge is 0.223 e. The lowest BCUT2D eigenvalue weighted by Crippen LogP contribution is -2.37. The molecule has 9 nitrogen and oxygen atoms in total. The second-order valence-electron chi connectivity index (χ2n) is 12.8. The van der Waals surface area contributed by atoms with Crippen LogP contribution in [-0.2, 0) is 16.1 Å². The van der Waals surface area contributed by atoms with Gasteiger partial charge in [-0.25, -0.2) is 9.97 Å². The number of imidazole rings is 2. The number of rotatable bonds is 13. The average Bonchev–Trinajstić information content (AvgIpc) is 3.72. The molecule has 2 amide bonds. The van der Waals surface area contributed by atoms with Gasteiger partial charge in [0.25, 0.3) is 0 Å². The predicted molar refractivity (Wildman–Crippen MR) is 181 cm³/mol. The number of aromatic amines is 2. The van der Waals surface area contributed by atoms with E-state index in [2.05, 4.69) is 66.7 Å². The van der Waals surface area contributed by atoms with E-state index in [0.717, 1.165) is 65.0 Å². The first-order chi connectivity index (χ1) is 22.2. The Kier molecular flexibility index (Phi) is 10.7. The van der Waals surface area contributed by atoms with Crippen LogP contribution in [0.25, 0.3) is 22.5 Å². The van der Waals surface area contributed by atoms with Gasteiger partial charge in [-0.15, -0.1) is 0 Å². The molecule has 2 aromatic heterocycles. The van der Waals surface area contributed by atoms with Gasteiger partial charge in [0.1, 0.15) is 29.2 Å². The second-order valence-corrected chi connectivity index (χ2v) is 12.8. The molecule has 3 heterocycles. The maximum Gasteiger partial charge on any atom is 0.223 e. The Morgan fingerprint density at radius 3 is 2.11 bits per heavy atom. The number of nitrogens with zero attached hydrogens (tertiary/aromatic N) is 4. The van der Waals surface area contributed by atoms with Crippen LogP contribution in [0.1, 0.15) is 78.0 Å². The van der Waals surface area contributed by atoms with Crippen LogP contribution in [0.15, 0.2) is 73.1 Å². The van der Waals surface area contributed by atoms with Crippen LogP contribution in [0.3, 0.4) is 0 Å². The monoisotopic (exact) mass is 622 g/mol. The van der Waals surface area contributed by atoms with Crippen molar-refractivity contribution < 1.29 is 14.3 Å². The number of carbonyl (C=O) groups is 2. The molecule has 0 spiro atoms. The van der Waals surface area contributed by atoms with E-state index in [1.165, 1.54) is 0 Å². The van der Waals surface area contributed by atoms with Crippen LogP contribution in [-0.4, -0.2) is 54.6 Å². The maximum absolute atomic E-state index is 12.9. The first kappa shape index (κ1) is 32.7. The molecule has 4 aromatic rings. The van der Waals surface area contributed by atoms with E-state index in [9.17, 15) is 9.59 Å². The minimum absolute atomic E-state index is 0.162. The van der Waals surface area contributed by atoms with Crippen LogP contribution in [0, 0.1) is 11.8 Å². The lowest BCUT2D eigenvalue weighted by Gasteiger charge is -2.31. The summed E-state index contributed by atoms with van der Waals surface area (Å²) in [7, 11) is 0. The molecule has 0 bridgehead atoms. The Labute approximate surface area is 272 Å². The summed E-state index contributed by atoms with van der Waals surface area (Å²) >= 11 is 0. The maximum atomic E-state index is 12.9. The SMILES string of the molecule is CCCN(Cc1ncc(-c2ccc(Oc3ccc(-c4cnc(C5C=CCCN5C(=O)CC(C)C)[nH]4)cc3)cc2)[nH]1)C(=O)CC(C)C. The highest BCUT2D eigenvalue weighted by Gasteiger charge is 2.27. The van der Waals surface area contributed by atoms with Gasteiger partial charge in [-0.1, -0.05) is 46.8 Å². The van der Waals surface area contributed by atoms with E-state index in [0.29, 0.717) is 37.8 Å². The molecule has 0 aliphatic carbocycles. The second kappa shape index (κ2) is 15.1. The van der Waals surface area contributed by atoms with Crippen molar-refractivity contribution in [3.8, 4) is 34.0 Å². The van der Waals surface area contributed by atoms with Gasteiger partial charge < -0.3 is 24.5 Å². The molecule has 0 saturated carbocycles. The number of amides is 2. The first-order valence-corrected chi connectivity index (χ1v) is 16.4. The zero-order valence-electron chi connectivity index (χ0n) is 27.6. The van der Waals surface area contributed by atoms with Crippen LogP contribution in [0.5, 0.6) is 11.5 Å². The third kappa shape index (κ3) is 8.33. The van der Waals surface area contributed by atoms with Crippen molar-refractivity contribution in [1.29, 1.82) is 0 Å². The molecule has 9 heteroatoms. The van der Waals surface area contributed by atoms with Crippen LogP contribution >= 0.6 is 0 Å². The molecule has 0 saturated heterocycles. The number of hydrogen-bond acceptors (Lipinski definition) is 5. The fourth-order valence-electron chi connectivity index (χ4n) is 5.65. The summed E-state index contributed by atoms with van der Waals surface area (Å²) < 4.78 is 6.13. The van der Waals surface area contributed by atoms with Gasteiger partial charge in [-0.3, -0.25) is 9.59 Å². The third-order valence-corrected chi connectivity index (χ3v) is 7.93. The summed E-state index contributed by atoms with van der Waals surface area (Å²) in [4.78, 5) is 45.3. The molecule has 2 aromatic carbocycles. The number of nitrogens with one attached hydrogen (secondary N) is 2. The van der Waals surface area contributed by atoms with E-state index in [4.69, 9.17) is 4.74 Å². The highest BCUT2D eigenvalue weighted by molar-refractivity contribution is 5.77. The summed E-state index contributed by atoms with van der Waals surface area (Å²) in [6, 6.07) is 15.6. The number of aromatic nitrogens is 4. The average molecular weight is 623 g/mol. The van der Waals surface area contributed by atoms with E-state index in [1.54, 1.807) is 0 Å². The Morgan fingerprint density at radius 1 is 0.891 bits per heavy atom. The molecular formula is C37H46N6O3. The molecule has 46 heavy (non-hydrogen) atoms. The van der Waals surface area contributed by atoms with Crippen LogP contribution in [0.4, 0.5) is 0 Å². The predicted octanol–water partition coefficient (Wildman–Crippen LogP) is 7.92. The normalized spacial score (nSPS) is 14.7. The van der Waals surface area contributed by atoms with Crippen molar-refractivity contribution in [3.63, 3.8) is 0 Å². The molecule has 1 aliphatic heterocycles. The lowest BCUT2D eigenvalue weighted by molar-refractivity contribution is -0.134. The van der Waals surface area contributed by atoms with E-state index >= 15 is 0 Å². The highest BCUT2D eigenvalue weighted by atomic mass is 16.5. The molecule has 5 rings (SSSR count). The van der Waals surface area contributed by atoms with Crippen molar-refractivity contribution in [2.24, 2.45) is 11.8 Å². The molecule has 242 valence electrons. The molecule has 0 fully saturated rings. The van der Waals surface area contributed by atoms with Gasteiger partial charge in [-0.05, 0) is 84.3 Å². The third-order valence-electron chi connectivity index (χ3n) is 7.93. The molecule has 1 aliphatic rings. The number of H-pyrrole nitrogens is 2. The fraction of sp³-hybridized carbons (Fsp3) is 0.405. The standard InChI is InChI=1S/C37H46N6O3/c1-6-18-42(35(44)20-25(2)3)24-34-38-22-31(40-34)27-10-14-29(15-11-27)46-30-16-12-28(13-17-30)32-23-39-37(41-32)33-9-7-8-19-43(33)36(45)21-26(4)5/h7,9-17,22-23,25-26,33H,6,8,18-21,24H2,1-5H3,(H,38,40)(H,39,41). The quantitative estimate of drug-likeness (QED) is 0.147. The molecular weight excluding hydrogens is 576 g/mol. The Hall–Kier alpha value is -4.66. The van der Waals surface area contributed by atoms with Gasteiger partial charge >= 0.3 is 0 Å². The zero-order valence-corrected chi connectivity index (χ0v) is 27.6. The van der Waals surface area contributed by atoms with Crippen molar-refractivity contribution in [2.75, 3.05) is 13.1 Å². The first-order valence-electron chi connectivity index (χ1n) is 16.4. The number of hydrogen-bond donors (Lipinski definition) is 2. The van der Waals surface area contributed by atoms with E-state index in [1.807, 2.05) is 70.7 Å². The Balaban J connectivity index is 1.20. The van der Waals surface area contributed by atoms with Crippen molar-refractivity contribution in [1.82, 2.24) is 29.7 Å². The number of benzene rings is 2. The number of ether oxygens (including phenoxy) is 1. The Morgan fingerprint density at radius 2 is 1.50 bits per heavy atom. The van der Waals surface area contributed by atoms with Crippen LogP contribution < -0.4 is 4.74 Å². The van der Waals surface area contributed by atoms with E-state index in [-0.39, 0.29) is 17.9 Å². The minimum Gasteiger partial charge on any atom is -0.457 e. The summed E-state index contributed by atoms with van der Waals surface area (Å²) in [5.41, 5.74) is 3.76. The van der Waals surface area contributed by atoms with Gasteiger partial charge in [-0.2, -0.15) is 0 Å². The van der Waals surface area contributed by atoms with Crippen LogP contribution in [0.2, 0.25) is 0 Å². The molecule has 2 N–H and O–H groups in total. The summed E-state index contributed by atoms with van der Waals surface area (Å²) in [6.07, 6.45) is 10.7. The molecule has 0 radical (unpaired) electrons. The van der Waals surface area contributed by atoms with Gasteiger partial charge in [0.2, 0.25) is 11.8 Å². The van der Waals surface area contributed by atoms with Gasteiger partial charge in [0.15, 0.2) is 0 Å². The molecule has 1 atom stereocenters. The van der Waals surface area contributed by atoms with E-state index < -0.39 is 0 Å². The zero-order chi connectivity index (χ0) is 32.6. The van der Waals surface area contributed by atoms with Crippen molar-refractivity contribution in [2.45, 2.75) is 72.9 Å². The topological polar surface area (TPSA) is 107 Å². The minimum atomic E-state index is -0.178. The summed E-state index contributed by atoms with van der Waals surface area (Å²) in [5, 5.41) is 0. The van der Waals surface area contributed by atoms with Crippen molar-refractivity contribution in [3.05, 3.63) is 84.7 Å². The number of carbonyl (C=O) groups excluding carboxylic acids is 2. The highest BCUT2D eigenvalue weighted by Crippen LogP contribution is 2.30. The Bertz CT molecular complexity index is 1620. The van der Waals surface area contributed by atoms with Crippen molar-refractivity contribution >= 4 is 11.8 Å². The summed E-state index contributed by atoms with van der Waals surface area (Å²) in [6.45, 7) is 12.2. The van der Waals surface area contributed by atoms with Gasteiger partial charge in [0, 0.05) is 25.9 Å². The largest absolute Gasteiger partial charge is 0.457 e. The fourth-order valence-corrected chi connectivity index (χ4v) is 5.65. The lowest BCUT2D eigenvalue weighted by atomic mass is 10.1.